The van der Waals surface area contributed by atoms with Gasteiger partial charge < -0.3 is 0 Å². The molecule has 3 nitrogen and oxygen atoms in total. The molecule has 2 aromatic heterocycles. The van der Waals surface area contributed by atoms with Gasteiger partial charge in [0.25, 0.3) is 0 Å². The number of nitrogens with zero attached hydrogens (tertiary/aromatic N) is 2. The Kier molecular flexibility index (Phi) is 4.48. The Bertz CT molecular complexity index is 613. The van der Waals surface area contributed by atoms with Crippen molar-refractivity contribution in [3.05, 3.63) is 36.7 Å². The van der Waals surface area contributed by atoms with Crippen molar-refractivity contribution in [3.8, 4) is 0 Å². The predicted molar refractivity (Wildman–Crippen MR) is 82.4 cm³/mol. The zero-order valence-corrected chi connectivity index (χ0v) is 14.1. The summed E-state index contributed by atoms with van der Waals surface area (Å²) in [5, 5.41) is 4.94. The Balaban J connectivity index is 2.26. The minimum atomic E-state index is 0.0753. The maximum Gasteiger partial charge on any atom is 0.178 e. The summed E-state index contributed by atoms with van der Waals surface area (Å²) in [6.45, 7) is 3.98. The molecule has 102 valence electrons. The standard InChI is InChI=1S/C13H14BrClN2OS/c1-4-8-12(15)9(17(3)16-8)6-10(18)11-5-7(2)13(14)19-11/h5H,4,6H2,1-3H3. The molecule has 0 atom stereocenters. The Morgan fingerprint density at radius 1 is 1.58 bits per heavy atom. The Hall–Kier alpha value is -0.650. The van der Waals surface area contributed by atoms with E-state index < -0.39 is 0 Å². The first-order valence-electron chi connectivity index (χ1n) is 5.93. The van der Waals surface area contributed by atoms with Crippen molar-refractivity contribution in [2.45, 2.75) is 26.7 Å². The van der Waals surface area contributed by atoms with Gasteiger partial charge >= 0.3 is 0 Å². The molecule has 19 heavy (non-hydrogen) atoms. The highest BCUT2D eigenvalue weighted by Gasteiger charge is 2.18. The van der Waals surface area contributed by atoms with Crippen LogP contribution in [0.4, 0.5) is 0 Å². The summed E-state index contributed by atoms with van der Waals surface area (Å²) in [6, 6.07) is 1.90. The second kappa shape index (κ2) is 5.77. The van der Waals surface area contributed by atoms with E-state index in [1.54, 1.807) is 4.68 Å². The van der Waals surface area contributed by atoms with Crippen molar-refractivity contribution in [1.29, 1.82) is 0 Å². The zero-order valence-electron chi connectivity index (χ0n) is 11.0. The second-order valence-corrected chi connectivity index (χ2v) is 7.10. The molecule has 0 saturated heterocycles. The summed E-state index contributed by atoms with van der Waals surface area (Å²) >= 11 is 11.2. The van der Waals surface area contributed by atoms with Gasteiger partial charge in [0.1, 0.15) is 0 Å². The van der Waals surface area contributed by atoms with Crippen molar-refractivity contribution >= 4 is 44.7 Å². The molecule has 0 spiro atoms. The van der Waals surface area contributed by atoms with E-state index in [9.17, 15) is 4.79 Å². The lowest BCUT2D eigenvalue weighted by Crippen LogP contribution is -2.07. The van der Waals surface area contributed by atoms with Gasteiger partial charge in [-0.3, -0.25) is 9.48 Å². The smallest absolute Gasteiger partial charge is 0.178 e. The molecule has 0 unspecified atom stereocenters. The topological polar surface area (TPSA) is 34.9 Å². The molecule has 6 heteroatoms. The van der Waals surface area contributed by atoms with Crippen molar-refractivity contribution in [2.75, 3.05) is 0 Å². The SMILES string of the molecule is CCc1nn(C)c(CC(=O)c2cc(C)c(Br)s2)c1Cl. The highest BCUT2D eigenvalue weighted by atomic mass is 79.9. The van der Waals surface area contributed by atoms with Gasteiger partial charge in [-0.2, -0.15) is 5.10 Å². The fraction of sp³-hybridized carbons (Fsp3) is 0.385. The quantitative estimate of drug-likeness (QED) is 0.765. The summed E-state index contributed by atoms with van der Waals surface area (Å²) in [7, 11) is 1.82. The molecule has 2 heterocycles. The number of aryl methyl sites for hydroxylation is 3. The minimum Gasteiger partial charge on any atom is -0.293 e. The van der Waals surface area contributed by atoms with Crippen molar-refractivity contribution in [2.24, 2.45) is 7.05 Å². The molecule has 0 aliphatic rings. The molecule has 0 bridgehead atoms. The fourth-order valence-corrected chi connectivity index (χ4v) is 3.68. The molecule has 0 aliphatic heterocycles. The number of hydrogen-bond donors (Lipinski definition) is 0. The number of carbonyl (C=O) groups is 1. The normalized spacial score (nSPS) is 11.0. The van der Waals surface area contributed by atoms with E-state index in [4.69, 9.17) is 11.6 Å². The van der Waals surface area contributed by atoms with Crippen LogP contribution in [0.1, 0.15) is 33.5 Å². The van der Waals surface area contributed by atoms with E-state index >= 15 is 0 Å². The average Bonchev–Trinajstić information content (AvgIpc) is 2.84. The third-order valence-corrected chi connectivity index (χ3v) is 5.58. The summed E-state index contributed by atoms with van der Waals surface area (Å²) in [4.78, 5) is 13.0. The monoisotopic (exact) mass is 360 g/mol. The number of aromatic nitrogens is 2. The van der Waals surface area contributed by atoms with Gasteiger partial charge in [0.2, 0.25) is 0 Å². The maximum absolute atomic E-state index is 12.3. The number of hydrogen-bond acceptors (Lipinski definition) is 3. The van der Waals surface area contributed by atoms with Crippen LogP contribution in [0.2, 0.25) is 5.02 Å². The summed E-state index contributed by atoms with van der Waals surface area (Å²) in [5.74, 6) is 0.0753. The third kappa shape index (κ3) is 2.93. The number of rotatable bonds is 4. The van der Waals surface area contributed by atoms with Crippen LogP contribution in [0.25, 0.3) is 0 Å². The molecule has 0 aromatic carbocycles. The maximum atomic E-state index is 12.3. The van der Waals surface area contributed by atoms with Gasteiger partial charge in [0.15, 0.2) is 5.78 Å². The van der Waals surface area contributed by atoms with Crippen LogP contribution in [-0.4, -0.2) is 15.6 Å². The molecule has 0 saturated carbocycles. The van der Waals surface area contributed by atoms with E-state index in [2.05, 4.69) is 21.0 Å². The molecule has 2 rings (SSSR count). The van der Waals surface area contributed by atoms with Crippen LogP contribution in [0.5, 0.6) is 0 Å². The summed E-state index contributed by atoms with van der Waals surface area (Å²) in [6.07, 6.45) is 1.05. The van der Waals surface area contributed by atoms with Crippen LogP contribution < -0.4 is 0 Å². The average molecular weight is 362 g/mol. The van der Waals surface area contributed by atoms with E-state index in [0.717, 1.165) is 32.0 Å². The van der Waals surface area contributed by atoms with Gasteiger partial charge in [-0.25, -0.2) is 0 Å². The molecular weight excluding hydrogens is 348 g/mol. The number of carbonyl (C=O) groups excluding carboxylic acids is 1. The van der Waals surface area contributed by atoms with Crippen LogP contribution in [-0.2, 0) is 19.9 Å². The minimum absolute atomic E-state index is 0.0753. The fourth-order valence-electron chi connectivity index (χ4n) is 1.85. The first-order valence-corrected chi connectivity index (χ1v) is 7.92. The number of thiophene rings is 1. The summed E-state index contributed by atoms with van der Waals surface area (Å²) < 4.78 is 2.70. The first kappa shape index (κ1) is 14.8. The predicted octanol–water partition coefficient (Wildman–Crippen LogP) is 4.19. The molecular formula is C13H14BrClN2OS. The summed E-state index contributed by atoms with van der Waals surface area (Å²) in [5.41, 5.74) is 2.71. The lowest BCUT2D eigenvalue weighted by atomic mass is 10.1. The number of halogens is 2. The van der Waals surface area contributed by atoms with Crippen molar-refractivity contribution in [1.82, 2.24) is 9.78 Å². The second-order valence-electron chi connectivity index (χ2n) is 4.35. The number of Topliss-reactive ketones (excluding diaryl/α,β-unsaturated/α-hetero) is 1. The Morgan fingerprint density at radius 2 is 2.26 bits per heavy atom. The van der Waals surface area contributed by atoms with Gasteiger partial charge in [-0.15, -0.1) is 11.3 Å². The van der Waals surface area contributed by atoms with Crippen LogP contribution >= 0.6 is 38.9 Å². The largest absolute Gasteiger partial charge is 0.293 e. The molecule has 2 aromatic rings. The van der Waals surface area contributed by atoms with E-state index in [1.165, 1.54) is 11.3 Å². The lowest BCUT2D eigenvalue weighted by Gasteiger charge is -2.00. The van der Waals surface area contributed by atoms with Gasteiger partial charge in [0.05, 0.1) is 31.5 Å². The Morgan fingerprint density at radius 3 is 2.74 bits per heavy atom. The van der Waals surface area contributed by atoms with Crippen LogP contribution in [0, 0.1) is 6.92 Å². The highest BCUT2D eigenvalue weighted by molar-refractivity contribution is 9.11. The molecule has 0 radical (unpaired) electrons. The highest BCUT2D eigenvalue weighted by Crippen LogP contribution is 2.29. The lowest BCUT2D eigenvalue weighted by molar-refractivity contribution is 0.0994. The van der Waals surface area contributed by atoms with E-state index in [1.807, 2.05) is 27.0 Å². The molecule has 0 amide bonds. The van der Waals surface area contributed by atoms with Crippen molar-refractivity contribution < 1.29 is 4.79 Å². The molecule has 0 aliphatic carbocycles. The zero-order chi connectivity index (χ0) is 14.2. The van der Waals surface area contributed by atoms with Gasteiger partial charge in [0, 0.05) is 7.05 Å². The van der Waals surface area contributed by atoms with Crippen LogP contribution in [0.15, 0.2) is 9.85 Å². The van der Waals surface area contributed by atoms with Gasteiger partial charge in [-0.05, 0) is 40.9 Å². The number of ketones is 1. The van der Waals surface area contributed by atoms with Crippen LogP contribution in [0.3, 0.4) is 0 Å². The Labute approximate surface area is 129 Å². The first-order chi connectivity index (χ1) is 8.93. The van der Waals surface area contributed by atoms with Gasteiger partial charge in [-0.1, -0.05) is 18.5 Å². The van der Waals surface area contributed by atoms with E-state index in [-0.39, 0.29) is 12.2 Å². The molecule has 0 N–H and O–H groups in total. The van der Waals surface area contributed by atoms with Crippen molar-refractivity contribution in [3.63, 3.8) is 0 Å². The third-order valence-electron chi connectivity index (χ3n) is 2.96. The van der Waals surface area contributed by atoms with E-state index in [0.29, 0.717) is 5.02 Å². The molecule has 0 fully saturated rings.